The molecular formula is C19H24N6O3S. The fourth-order valence-corrected chi connectivity index (χ4v) is 4.27. The van der Waals surface area contributed by atoms with Gasteiger partial charge in [-0.2, -0.15) is 0 Å². The third-order valence-corrected chi connectivity index (χ3v) is 6.24. The second kappa shape index (κ2) is 8.40. The number of nitro groups is 1. The molecule has 9 nitrogen and oxygen atoms in total. The van der Waals surface area contributed by atoms with Crippen molar-refractivity contribution in [2.45, 2.75) is 43.8 Å². The quantitative estimate of drug-likeness (QED) is 0.418. The van der Waals surface area contributed by atoms with Crippen molar-refractivity contribution in [1.29, 1.82) is 0 Å². The molecule has 2 aliphatic rings. The third kappa shape index (κ3) is 4.69. The second-order valence-electron chi connectivity index (χ2n) is 7.70. The van der Waals surface area contributed by atoms with Crippen LogP contribution in [0.4, 0.5) is 17.3 Å². The summed E-state index contributed by atoms with van der Waals surface area (Å²) in [6.07, 6.45) is 4.54. The summed E-state index contributed by atoms with van der Waals surface area (Å²) in [5.41, 5.74) is 0.362. The van der Waals surface area contributed by atoms with E-state index in [1.165, 1.54) is 23.9 Å². The maximum atomic E-state index is 12.3. The molecule has 1 aromatic heterocycles. The summed E-state index contributed by atoms with van der Waals surface area (Å²) >= 11 is 1.36. The number of carbonyl (C=O) groups is 1. The Labute approximate surface area is 173 Å². The molecule has 0 unspecified atom stereocenters. The standard InChI is InChI=1S/C19H24N6O3S/c1-13-7-9-23(10-8-13)18-21-22-19(24(18)15-5-6-15)29-12-17(26)20-14-3-2-4-16(11-14)25(27)28/h2-4,11,13,15H,5-10,12H2,1H3,(H,20,26). The molecule has 2 heterocycles. The Bertz CT molecular complexity index is 905. The molecule has 1 saturated heterocycles. The zero-order valence-corrected chi connectivity index (χ0v) is 17.1. The van der Waals surface area contributed by atoms with Gasteiger partial charge in [0.1, 0.15) is 0 Å². The number of benzene rings is 1. The van der Waals surface area contributed by atoms with Crippen molar-refractivity contribution in [1.82, 2.24) is 14.8 Å². The molecule has 0 atom stereocenters. The lowest BCUT2D eigenvalue weighted by molar-refractivity contribution is -0.384. The maximum Gasteiger partial charge on any atom is 0.271 e. The number of piperidine rings is 1. The van der Waals surface area contributed by atoms with E-state index in [0.717, 1.165) is 55.8 Å². The van der Waals surface area contributed by atoms with Gasteiger partial charge in [-0.25, -0.2) is 0 Å². The van der Waals surface area contributed by atoms with E-state index in [9.17, 15) is 14.9 Å². The van der Waals surface area contributed by atoms with Crippen LogP contribution in [-0.4, -0.2) is 44.4 Å². The average molecular weight is 417 g/mol. The van der Waals surface area contributed by atoms with Crippen LogP contribution < -0.4 is 10.2 Å². The number of hydrogen-bond acceptors (Lipinski definition) is 7. The van der Waals surface area contributed by atoms with E-state index in [-0.39, 0.29) is 17.3 Å². The number of non-ortho nitro benzene ring substituents is 1. The number of nitro benzene ring substituents is 1. The van der Waals surface area contributed by atoms with E-state index in [4.69, 9.17) is 0 Å². The van der Waals surface area contributed by atoms with Gasteiger partial charge in [0.15, 0.2) is 5.16 Å². The lowest BCUT2D eigenvalue weighted by Gasteiger charge is -2.31. The SMILES string of the molecule is CC1CCN(c2nnc(SCC(=O)Nc3cccc([N+](=O)[O-])c3)n2C2CC2)CC1. The van der Waals surface area contributed by atoms with Crippen molar-refractivity contribution in [3.8, 4) is 0 Å². The Kier molecular flexibility index (Phi) is 5.70. The van der Waals surface area contributed by atoms with Crippen LogP contribution in [0, 0.1) is 16.0 Å². The van der Waals surface area contributed by atoms with Crippen molar-refractivity contribution in [3.05, 3.63) is 34.4 Å². The molecule has 0 radical (unpaired) electrons. The summed E-state index contributed by atoms with van der Waals surface area (Å²) in [5, 5.41) is 23.1. The smallest absolute Gasteiger partial charge is 0.271 e. The summed E-state index contributed by atoms with van der Waals surface area (Å²) in [6, 6.07) is 6.35. The first kappa shape index (κ1) is 19.7. The highest BCUT2D eigenvalue weighted by molar-refractivity contribution is 7.99. The molecule has 1 aliphatic carbocycles. The Hall–Kier alpha value is -2.62. The zero-order chi connectivity index (χ0) is 20.4. The fraction of sp³-hybridized carbons (Fsp3) is 0.526. The van der Waals surface area contributed by atoms with E-state index in [1.807, 2.05) is 0 Å². The van der Waals surface area contributed by atoms with Crippen LogP contribution >= 0.6 is 11.8 Å². The van der Waals surface area contributed by atoms with E-state index >= 15 is 0 Å². The van der Waals surface area contributed by atoms with Gasteiger partial charge in [-0.05, 0) is 37.7 Å². The molecule has 1 N–H and O–H groups in total. The van der Waals surface area contributed by atoms with E-state index in [1.54, 1.807) is 12.1 Å². The summed E-state index contributed by atoms with van der Waals surface area (Å²) in [4.78, 5) is 25.0. The number of nitrogens with zero attached hydrogens (tertiary/aromatic N) is 5. The Morgan fingerprint density at radius 2 is 2.03 bits per heavy atom. The minimum Gasteiger partial charge on any atom is -0.341 e. The first-order valence-corrected chi connectivity index (χ1v) is 10.9. The predicted octanol–water partition coefficient (Wildman–Crippen LogP) is 3.49. The topological polar surface area (TPSA) is 106 Å². The first-order chi connectivity index (χ1) is 14.0. The van der Waals surface area contributed by atoms with Crippen LogP contribution in [0.2, 0.25) is 0 Å². The van der Waals surface area contributed by atoms with Crippen LogP contribution in [0.25, 0.3) is 0 Å². The summed E-state index contributed by atoms with van der Waals surface area (Å²) in [5.74, 6) is 1.61. The maximum absolute atomic E-state index is 12.3. The Morgan fingerprint density at radius 3 is 2.72 bits per heavy atom. The van der Waals surface area contributed by atoms with Gasteiger partial charge >= 0.3 is 0 Å². The molecule has 1 saturated carbocycles. The molecule has 2 fully saturated rings. The van der Waals surface area contributed by atoms with Crippen LogP contribution in [0.15, 0.2) is 29.4 Å². The minimum absolute atomic E-state index is 0.0515. The van der Waals surface area contributed by atoms with Crippen LogP contribution in [-0.2, 0) is 4.79 Å². The third-order valence-electron chi connectivity index (χ3n) is 5.30. The molecule has 29 heavy (non-hydrogen) atoms. The largest absolute Gasteiger partial charge is 0.341 e. The molecule has 1 aliphatic heterocycles. The predicted molar refractivity (Wildman–Crippen MR) is 111 cm³/mol. The van der Waals surface area contributed by atoms with Crippen molar-refractivity contribution in [3.63, 3.8) is 0 Å². The second-order valence-corrected chi connectivity index (χ2v) is 8.64. The first-order valence-electron chi connectivity index (χ1n) is 9.88. The molecule has 2 aromatic rings. The molecule has 1 aromatic carbocycles. The molecule has 0 spiro atoms. The van der Waals surface area contributed by atoms with Crippen LogP contribution in [0.1, 0.15) is 38.6 Å². The molecule has 1 amide bonds. The number of hydrogen-bond donors (Lipinski definition) is 1. The highest BCUT2D eigenvalue weighted by Gasteiger charge is 2.32. The van der Waals surface area contributed by atoms with Gasteiger partial charge in [-0.15, -0.1) is 10.2 Å². The van der Waals surface area contributed by atoms with Gasteiger partial charge in [-0.3, -0.25) is 19.5 Å². The van der Waals surface area contributed by atoms with Gasteiger partial charge in [0, 0.05) is 37.0 Å². The van der Waals surface area contributed by atoms with Crippen molar-refractivity contribution < 1.29 is 9.72 Å². The fourth-order valence-electron chi connectivity index (χ4n) is 3.47. The number of rotatable bonds is 7. The molecule has 10 heteroatoms. The van der Waals surface area contributed by atoms with Gasteiger partial charge in [0.05, 0.1) is 10.7 Å². The zero-order valence-electron chi connectivity index (χ0n) is 16.3. The molecule has 4 rings (SSSR count). The van der Waals surface area contributed by atoms with Gasteiger partial charge in [0.2, 0.25) is 11.9 Å². The van der Waals surface area contributed by atoms with E-state index in [0.29, 0.717) is 11.7 Å². The minimum atomic E-state index is -0.481. The normalized spacial score (nSPS) is 17.3. The summed E-state index contributed by atoms with van der Waals surface area (Å²) in [7, 11) is 0. The van der Waals surface area contributed by atoms with Crippen molar-refractivity contribution >= 4 is 35.0 Å². The van der Waals surface area contributed by atoms with Crippen molar-refractivity contribution in [2.75, 3.05) is 29.1 Å². The van der Waals surface area contributed by atoms with Crippen LogP contribution in [0.5, 0.6) is 0 Å². The molecule has 154 valence electrons. The van der Waals surface area contributed by atoms with E-state index < -0.39 is 4.92 Å². The average Bonchev–Trinajstić information content (AvgIpc) is 3.46. The highest BCUT2D eigenvalue weighted by Crippen LogP contribution is 2.41. The van der Waals surface area contributed by atoms with Gasteiger partial charge in [0.25, 0.3) is 5.69 Å². The lowest BCUT2D eigenvalue weighted by atomic mass is 10.00. The number of nitrogens with one attached hydrogen (secondary N) is 1. The number of anilines is 2. The van der Waals surface area contributed by atoms with Gasteiger partial charge in [-0.1, -0.05) is 24.8 Å². The number of carbonyl (C=O) groups excluding carboxylic acids is 1. The lowest BCUT2D eigenvalue weighted by Crippen LogP contribution is -2.34. The number of amides is 1. The monoisotopic (exact) mass is 416 g/mol. The van der Waals surface area contributed by atoms with E-state index in [2.05, 4.69) is 31.9 Å². The van der Waals surface area contributed by atoms with Crippen LogP contribution in [0.3, 0.4) is 0 Å². The van der Waals surface area contributed by atoms with Gasteiger partial charge < -0.3 is 10.2 Å². The van der Waals surface area contributed by atoms with Crippen molar-refractivity contribution in [2.24, 2.45) is 5.92 Å². The summed E-state index contributed by atoms with van der Waals surface area (Å²) in [6.45, 7) is 4.26. The Balaban J connectivity index is 1.40. The highest BCUT2D eigenvalue weighted by atomic mass is 32.2. The Morgan fingerprint density at radius 1 is 1.28 bits per heavy atom. The summed E-state index contributed by atoms with van der Waals surface area (Å²) < 4.78 is 2.18. The number of aromatic nitrogens is 3. The number of thioether (sulfide) groups is 1. The molecular weight excluding hydrogens is 392 g/mol. The molecule has 0 bridgehead atoms.